The average molecular weight is 288 g/mol. The third-order valence-electron chi connectivity index (χ3n) is 4.57. The molecule has 0 radical (unpaired) electrons. The van der Waals surface area contributed by atoms with Gasteiger partial charge in [-0.15, -0.1) is 0 Å². The Morgan fingerprint density at radius 1 is 1.14 bits per heavy atom. The molecule has 2 rings (SSSR count). The van der Waals surface area contributed by atoms with Crippen LogP contribution in [0.2, 0.25) is 0 Å². The fraction of sp³-hybridized carbons (Fsp3) is 0.611. The molecule has 2 unspecified atom stereocenters. The van der Waals surface area contributed by atoms with Crippen molar-refractivity contribution in [2.45, 2.75) is 58.7 Å². The number of carbonyl (C=O) groups excluding carboxylic acids is 1. The average Bonchev–Trinajstić information content (AvgIpc) is 2.82. The van der Waals surface area contributed by atoms with Crippen LogP contribution >= 0.6 is 0 Å². The van der Waals surface area contributed by atoms with E-state index in [1.807, 2.05) is 30.3 Å². The van der Waals surface area contributed by atoms with Crippen molar-refractivity contribution in [2.24, 2.45) is 5.92 Å². The van der Waals surface area contributed by atoms with Crippen molar-refractivity contribution in [3.63, 3.8) is 0 Å². The summed E-state index contributed by atoms with van der Waals surface area (Å²) in [4.78, 5) is 14.9. The number of nitrogens with zero attached hydrogens (tertiary/aromatic N) is 1. The number of rotatable bonds is 7. The van der Waals surface area contributed by atoms with Crippen LogP contribution in [0.4, 0.5) is 0 Å². The zero-order valence-corrected chi connectivity index (χ0v) is 13.5. The van der Waals surface area contributed by atoms with Crippen molar-refractivity contribution in [3.8, 4) is 0 Å². The van der Waals surface area contributed by atoms with Crippen LogP contribution in [-0.2, 0) is 4.79 Å². The Morgan fingerprint density at radius 2 is 1.81 bits per heavy atom. The van der Waals surface area contributed by atoms with E-state index in [0.29, 0.717) is 5.92 Å². The Hall–Kier alpha value is -1.35. The van der Waals surface area contributed by atoms with Gasteiger partial charge in [0.2, 0.25) is 5.91 Å². The van der Waals surface area contributed by atoms with E-state index < -0.39 is 0 Å². The summed E-state index contributed by atoms with van der Waals surface area (Å²) >= 11 is 0. The van der Waals surface area contributed by atoms with Crippen LogP contribution in [0.3, 0.4) is 0 Å². The largest absolute Gasteiger partial charge is 0.325 e. The summed E-state index contributed by atoms with van der Waals surface area (Å²) in [5.74, 6) is 0.844. The first-order valence-corrected chi connectivity index (χ1v) is 8.32. The van der Waals surface area contributed by atoms with Gasteiger partial charge in [-0.3, -0.25) is 10.1 Å². The normalized spacial score (nSPS) is 22.3. The highest BCUT2D eigenvalue weighted by Crippen LogP contribution is 2.27. The number of hydrogen-bond donors (Lipinski definition) is 1. The summed E-state index contributed by atoms with van der Waals surface area (Å²) in [6.07, 6.45) is 4.57. The molecule has 0 aromatic heterocycles. The predicted octanol–water partition coefficient (Wildman–Crippen LogP) is 3.72. The van der Waals surface area contributed by atoms with Gasteiger partial charge < -0.3 is 4.90 Å². The van der Waals surface area contributed by atoms with Crippen molar-refractivity contribution in [1.82, 2.24) is 10.2 Å². The Bertz CT molecular complexity index is 442. The van der Waals surface area contributed by atoms with Crippen LogP contribution in [0.25, 0.3) is 0 Å². The van der Waals surface area contributed by atoms with Crippen LogP contribution in [0.15, 0.2) is 30.3 Å². The van der Waals surface area contributed by atoms with Gasteiger partial charge in [0.25, 0.3) is 0 Å². The fourth-order valence-electron chi connectivity index (χ4n) is 3.11. The molecule has 116 valence electrons. The van der Waals surface area contributed by atoms with E-state index in [2.05, 4.69) is 31.0 Å². The summed E-state index contributed by atoms with van der Waals surface area (Å²) in [5.41, 5.74) is 1.08. The lowest BCUT2D eigenvalue weighted by Gasteiger charge is -2.27. The van der Waals surface area contributed by atoms with Gasteiger partial charge in [0.05, 0.1) is 6.17 Å². The monoisotopic (exact) mass is 288 g/mol. The lowest BCUT2D eigenvalue weighted by molar-refractivity contribution is -0.130. The third-order valence-corrected chi connectivity index (χ3v) is 4.57. The molecule has 1 N–H and O–H groups in total. The van der Waals surface area contributed by atoms with E-state index in [1.54, 1.807) is 0 Å². The molecule has 0 spiro atoms. The molecular weight excluding hydrogens is 260 g/mol. The molecule has 21 heavy (non-hydrogen) atoms. The van der Waals surface area contributed by atoms with Gasteiger partial charge in [0.15, 0.2) is 0 Å². The summed E-state index contributed by atoms with van der Waals surface area (Å²) in [7, 11) is 0. The molecule has 1 aromatic rings. The Kier molecular flexibility index (Phi) is 5.80. The van der Waals surface area contributed by atoms with Gasteiger partial charge in [-0.05, 0) is 17.9 Å². The maximum Gasteiger partial charge on any atom is 0.245 e. The molecule has 0 bridgehead atoms. The zero-order valence-electron chi connectivity index (χ0n) is 13.5. The lowest BCUT2D eigenvalue weighted by atomic mass is 10.0. The second-order valence-corrected chi connectivity index (χ2v) is 5.99. The fourth-order valence-corrected chi connectivity index (χ4v) is 3.11. The van der Waals surface area contributed by atoms with Crippen LogP contribution in [0.5, 0.6) is 0 Å². The Balaban J connectivity index is 2.16. The molecule has 1 aromatic carbocycles. The summed E-state index contributed by atoms with van der Waals surface area (Å²) < 4.78 is 0. The first kappa shape index (κ1) is 16.0. The molecular formula is C18H28N2O. The number of hydrogen-bond acceptors (Lipinski definition) is 2. The quantitative estimate of drug-likeness (QED) is 0.829. The number of benzene rings is 1. The molecule has 2 atom stereocenters. The van der Waals surface area contributed by atoms with Gasteiger partial charge in [0, 0.05) is 6.54 Å². The van der Waals surface area contributed by atoms with E-state index in [1.165, 1.54) is 0 Å². The Morgan fingerprint density at radius 3 is 2.38 bits per heavy atom. The van der Waals surface area contributed by atoms with E-state index in [-0.39, 0.29) is 18.1 Å². The van der Waals surface area contributed by atoms with Crippen LogP contribution in [0.1, 0.15) is 58.1 Å². The molecule has 0 saturated carbocycles. The lowest BCUT2D eigenvalue weighted by Crippen LogP contribution is -2.40. The second kappa shape index (κ2) is 7.60. The maximum absolute atomic E-state index is 12.8. The summed E-state index contributed by atoms with van der Waals surface area (Å²) in [6, 6.07) is 9.91. The van der Waals surface area contributed by atoms with E-state index in [4.69, 9.17) is 0 Å². The molecule has 1 saturated heterocycles. The van der Waals surface area contributed by atoms with Crippen molar-refractivity contribution in [2.75, 3.05) is 6.54 Å². The molecule has 1 fully saturated rings. The van der Waals surface area contributed by atoms with Gasteiger partial charge >= 0.3 is 0 Å². The second-order valence-electron chi connectivity index (χ2n) is 5.99. The molecule has 1 amide bonds. The SMILES string of the molecule is CCCC1NC(c2ccccc2)C(=O)N1CC(CC)CC. The van der Waals surface area contributed by atoms with Crippen LogP contribution in [-0.4, -0.2) is 23.5 Å². The predicted molar refractivity (Wildman–Crippen MR) is 86.8 cm³/mol. The number of carbonyl (C=O) groups is 1. The minimum Gasteiger partial charge on any atom is -0.325 e. The van der Waals surface area contributed by atoms with E-state index in [0.717, 1.165) is 37.8 Å². The number of amides is 1. The molecule has 3 heteroatoms. The molecule has 1 aliphatic rings. The number of nitrogens with one attached hydrogen (secondary N) is 1. The molecule has 1 aliphatic heterocycles. The highest BCUT2D eigenvalue weighted by molar-refractivity contribution is 5.85. The van der Waals surface area contributed by atoms with Crippen LogP contribution < -0.4 is 5.32 Å². The first-order valence-electron chi connectivity index (χ1n) is 8.32. The van der Waals surface area contributed by atoms with Crippen molar-refractivity contribution in [3.05, 3.63) is 35.9 Å². The van der Waals surface area contributed by atoms with Gasteiger partial charge in [0.1, 0.15) is 6.04 Å². The van der Waals surface area contributed by atoms with Crippen molar-refractivity contribution >= 4 is 5.91 Å². The third kappa shape index (κ3) is 3.65. The van der Waals surface area contributed by atoms with Crippen molar-refractivity contribution in [1.29, 1.82) is 0 Å². The van der Waals surface area contributed by atoms with Crippen molar-refractivity contribution < 1.29 is 4.79 Å². The van der Waals surface area contributed by atoms with E-state index in [9.17, 15) is 4.79 Å². The zero-order chi connectivity index (χ0) is 15.2. The minimum atomic E-state index is -0.169. The highest BCUT2D eigenvalue weighted by Gasteiger charge is 2.39. The molecule has 0 aliphatic carbocycles. The maximum atomic E-state index is 12.8. The van der Waals surface area contributed by atoms with Gasteiger partial charge in [-0.1, -0.05) is 70.4 Å². The first-order chi connectivity index (χ1) is 10.2. The van der Waals surface area contributed by atoms with Gasteiger partial charge in [-0.25, -0.2) is 0 Å². The summed E-state index contributed by atoms with van der Waals surface area (Å²) in [6.45, 7) is 7.49. The van der Waals surface area contributed by atoms with Gasteiger partial charge in [-0.2, -0.15) is 0 Å². The minimum absolute atomic E-state index is 0.169. The highest BCUT2D eigenvalue weighted by atomic mass is 16.2. The van der Waals surface area contributed by atoms with Crippen LogP contribution in [0, 0.1) is 5.92 Å². The topological polar surface area (TPSA) is 32.3 Å². The summed E-state index contributed by atoms with van der Waals surface area (Å²) in [5, 5.41) is 3.54. The Labute approximate surface area is 128 Å². The standard InChI is InChI=1S/C18H28N2O/c1-4-10-16-19-17(15-11-8-7-9-12-15)18(21)20(16)13-14(5-2)6-3/h7-9,11-12,14,16-17,19H,4-6,10,13H2,1-3H3. The van der Waals surface area contributed by atoms with E-state index >= 15 is 0 Å². The molecule has 1 heterocycles. The molecule has 3 nitrogen and oxygen atoms in total. The smallest absolute Gasteiger partial charge is 0.245 e.